The van der Waals surface area contributed by atoms with E-state index in [2.05, 4.69) is 27.5 Å². The van der Waals surface area contributed by atoms with E-state index in [-0.39, 0.29) is 17.4 Å². The van der Waals surface area contributed by atoms with Gasteiger partial charge in [0, 0.05) is 23.6 Å². The Morgan fingerprint density at radius 3 is 2.91 bits per heavy atom. The minimum Gasteiger partial charge on any atom is -0.496 e. The summed E-state index contributed by atoms with van der Waals surface area (Å²) < 4.78 is 33.6. The van der Waals surface area contributed by atoms with Gasteiger partial charge in [-0.3, -0.25) is 9.89 Å². The maximum absolute atomic E-state index is 14.0. The van der Waals surface area contributed by atoms with Crippen LogP contribution < -0.4 is 10.1 Å². The summed E-state index contributed by atoms with van der Waals surface area (Å²) in [6.07, 6.45) is 3.71. The highest BCUT2D eigenvalue weighted by Crippen LogP contribution is 2.39. The number of likely N-dealkylation sites (N-methyl/N-ethyl adjacent to an activating group) is 1. The molecule has 182 valence electrons. The topological polar surface area (TPSA) is 90.5 Å². The van der Waals surface area contributed by atoms with Gasteiger partial charge in [0.1, 0.15) is 12.4 Å². The third kappa shape index (κ3) is 4.63. The smallest absolute Gasteiger partial charge is 0.295 e. The van der Waals surface area contributed by atoms with E-state index in [1.807, 2.05) is 6.07 Å². The predicted octanol–water partition coefficient (Wildman–Crippen LogP) is 3.96. The number of likely N-dealkylation sites (tertiary alicyclic amines) is 1. The standard InChI is InChI=1S/C25H30F2N4O3/c1-15(16-6-4-8-18(10-16)25(26,27)14-32)29-24(33)20-11-19(17-7-5-9-31(2)13-17)23(34-3)21-12-28-30-22(20)21/h4,6,8,10-12,15,17,32H,5,7,9,13-14H2,1-3H3,(H,28,30)(H,29,33). The summed E-state index contributed by atoms with van der Waals surface area (Å²) in [5, 5.41) is 19.7. The van der Waals surface area contributed by atoms with Crippen LogP contribution in [-0.2, 0) is 5.92 Å². The lowest BCUT2D eigenvalue weighted by Gasteiger charge is -2.31. The van der Waals surface area contributed by atoms with E-state index in [0.717, 1.165) is 36.9 Å². The molecule has 1 aromatic heterocycles. The highest BCUT2D eigenvalue weighted by molar-refractivity contribution is 6.07. The van der Waals surface area contributed by atoms with Crippen LogP contribution in [0, 0.1) is 0 Å². The lowest BCUT2D eigenvalue weighted by Crippen LogP contribution is -2.31. The van der Waals surface area contributed by atoms with Crippen molar-refractivity contribution >= 4 is 16.8 Å². The lowest BCUT2D eigenvalue weighted by molar-refractivity contribution is -0.0556. The van der Waals surface area contributed by atoms with E-state index in [1.54, 1.807) is 26.3 Å². The Kier molecular flexibility index (Phi) is 6.86. The average molecular weight is 473 g/mol. The second-order valence-corrected chi connectivity index (χ2v) is 8.99. The zero-order chi connectivity index (χ0) is 24.5. The number of aromatic nitrogens is 2. The second-order valence-electron chi connectivity index (χ2n) is 8.99. The van der Waals surface area contributed by atoms with Crippen molar-refractivity contribution in [2.75, 3.05) is 33.9 Å². The first-order chi connectivity index (χ1) is 16.2. The van der Waals surface area contributed by atoms with Gasteiger partial charge < -0.3 is 20.1 Å². The van der Waals surface area contributed by atoms with Crippen LogP contribution in [0.25, 0.3) is 10.9 Å². The van der Waals surface area contributed by atoms with E-state index in [1.165, 1.54) is 18.2 Å². The Morgan fingerprint density at radius 1 is 1.41 bits per heavy atom. The molecule has 4 rings (SSSR count). The lowest BCUT2D eigenvalue weighted by atomic mass is 9.88. The van der Waals surface area contributed by atoms with Gasteiger partial charge in [0.25, 0.3) is 11.8 Å². The van der Waals surface area contributed by atoms with E-state index in [4.69, 9.17) is 9.84 Å². The number of H-pyrrole nitrogens is 1. The van der Waals surface area contributed by atoms with E-state index in [9.17, 15) is 13.6 Å². The summed E-state index contributed by atoms with van der Waals surface area (Å²) >= 11 is 0. The third-order valence-electron chi connectivity index (χ3n) is 6.58. The summed E-state index contributed by atoms with van der Waals surface area (Å²) in [7, 11) is 3.70. The quantitative estimate of drug-likeness (QED) is 0.484. The number of fused-ring (bicyclic) bond motifs is 1. The zero-order valence-electron chi connectivity index (χ0n) is 19.6. The molecule has 1 aliphatic rings. The number of aliphatic hydroxyl groups is 1. The van der Waals surface area contributed by atoms with Crippen molar-refractivity contribution in [3.05, 3.63) is 58.8 Å². The normalized spacial score (nSPS) is 18.1. The molecule has 1 amide bonds. The van der Waals surface area contributed by atoms with Crippen LogP contribution in [0.1, 0.15) is 58.8 Å². The highest BCUT2D eigenvalue weighted by atomic mass is 19.3. The Balaban J connectivity index is 1.66. The van der Waals surface area contributed by atoms with Gasteiger partial charge in [0.15, 0.2) is 0 Å². The highest BCUT2D eigenvalue weighted by Gasteiger charge is 2.31. The molecule has 3 N–H and O–H groups in total. The molecule has 34 heavy (non-hydrogen) atoms. The van der Waals surface area contributed by atoms with Crippen molar-refractivity contribution in [1.29, 1.82) is 0 Å². The molecular weight excluding hydrogens is 442 g/mol. The number of carbonyl (C=O) groups is 1. The van der Waals surface area contributed by atoms with Crippen LogP contribution in [0.5, 0.6) is 5.75 Å². The van der Waals surface area contributed by atoms with E-state index in [0.29, 0.717) is 22.4 Å². The number of aromatic amines is 1. The number of rotatable bonds is 7. The van der Waals surface area contributed by atoms with Crippen LogP contribution in [0.4, 0.5) is 8.78 Å². The van der Waals surface area contributed by atoms with Gasteiger partial charge in [-0.05, 0) is 51.1 Å². The minimum atomic E-state index is -3.35. The monoisotopic (exact) mass is 472 g/mol. The Labute approximate surface area is 197 Å². The number of methoxy groups -OCH3 is 1. The number of nitrogens with one attached hydrogen (secondary N) is 2. The maximum atomic E-state index is 14.0. The van der Waals surface area contributed by atoms with Gasteiger partial charge in [0.2, 0.25) is 0 Å². The molecular formula is C25H30F2N4O3. The molecule has 2 unspecified atom stereocenters. The third-order valence-corrected chi connectivity index (χ3v) is 6.58. The molecule has 1 aliphatic heterocycles. The Morgan fingerprint density at radius 2 is 2.21 bits per heavy atom. The zero-order valence-corrected chi connectivity index (χ0v) is 19.6. The number of piperidine rings is 1. The molecule has 0 aliphatic carbocycles. The molecule has 3 aromatic rings. The summed E-state index contributed by atoms with van der Waals surface area (Å²) in [6.45, 7) is 2.35. The summed E-state index contributed by atoms with van der Waals surface area (Å²) in [5.74, 6) is -2.75. The number of aliphatic hydroxyl groups excluding tert-OH is 1. The largest absolute Gasteiger partial charge is 0.496 e. The van der Waals surface area contributed by atoms with Crippen molar-refractivity contribution in [3.8, 4) is 5.75 Å². The van der Waals surface area contributed by atoms with Crippen LogP contribution >= 0.6 is 0 Å². The number of halogens is 2. The van der Waals surface area contributed by atoms with Crippen LogP contribution in [0.2, 0.25) is 0 Å². The van der Waals surface area contributed by atoms with Crippen LogP contribution in [0.15, 0.2) is 36.5 Å². The summed E-state index contributed by atoms with van der Waals surface area (Å²) in [5.41, 5.74) is 2.18. The molecule has 0 saturated carbocycles. The molecule has 0 spiro atoms. The number of carbonyl (C=O) groups excluding carboxylic acids is 1. The number of ether oxygens (including phenoxy) is 1. The van der Waals surface area contributed by atoms with Gasteiger partial charge in [-0.25, -0.2) is 0 Å². The van der Waals surface area contributed by atoms with Crippen molar-refractivity contribution in [2.24, 2.45) is 0 Å². The summed E-state index contributed by atoms with van der Waals surface area (Å²) in [6, 6.07) is 7.07. The van der Waals surface area contributed by atoms with Crippen molar-refractivity contribution in [1.82, 2.24) is 20.4 Å². The SMILES string of the molecule is COc1c(C2CCCN(C)C2)cc(C(=O)NC(C)c2cccc(C(F)(F)CO)c2)c2[nH]ncc12. The van der Waals surface area contributed by atoms with E-state index < -0.39 is 18.6 Å². The summed E-state index contributed by atoms with van der Waals surface area (Å²) in [4.78, 5) is 15.6. The predicted molar refractivity (Wildman–Crippen MR) is 125 cm³/mol. The molecule has 9 heteroatoms. The average Bonchev–Trinajstić information content (AvgIpc) is 3.32. The fourth-order valence-corrected chi connectivity index (χ4v) is 4.73. The number of hydrogen-bond acceptors (Lipinski definition) is 5. The van der Waals surface area contributed by atoms with Gasteiger partial charge in [0.05, 0.1) is 35.8 Å². The fraction of sp³-hybridized carbons (Fsp3) is 0.440. The van der Waals surface area contributed by atoms with Gasteiger partial charge >= 0.3 is 0 Å². The number of hydrogen-bond donors (Lipinski definition) is 3. The maximum Gasteiger partial charge on any atom is 0.295 e. The molecule has 2 heterocycles. The van der Waals surface area contributed by atoms with Crippen LogP contribution in [0.3, 0.4) is 0 Å². The number of amides is 1. The number of alkyl halides is 2. The van der Waals surface area contributed by atoms with Gasteiger partial charge in [-0.1, -0.05) is 18.2 Å². The molecule has 2 aromatic carbocycles. The molecule has 0 radical (unpaired) electrons. The second kappa shape index (κ2) is 9.68. The first-order valence-corrected chi connectivity index (χ1v) is 11.4. The van der Waals surface area contributed by atoms with Crippen molar-refractivity contribution in [3.63, 3.8) is 0 Å². The first-order valence-electron chi connectivity index (χ1n) is 11.4. The molecule has 1 fully saturated rings. The minimum absolute atomic E-state index is 0.217. The molecule has 2 atom stereocenters. The van der Waals surface area contributed by atoms with Crippen LogP contribution in [-0.4, -0.2) is 60.0 Å². The number of benzene rings is 2. The van der Waals surface area contributed by atoms with Crippen molar-refractivity contribution < 1.29 is 23.4 Å². The van der Waals surface area contributed by atoms with Crippen molar-refractivity contribution in [2.45, 2.75) is 37.6 Å². The first kappa shape index (κ1) is 24.1. The molecule has 1 saturated heterocycles. The van der Waals surface area contributed by atoms with Gasteiger partial charge in [-0.2, -0.15) is 13.9 Å². The van der Waals surface area contributed by atoms with E-state index >= 15 is 0 Å². The van der Waals surface area contributed by atoms with Gasteiger partial charge in [-0.15, -0.1) is 0 Å². The Bertz CT molecular complexity index is 1180. The Hall–Kier alpha value is -3.04. The molecule has 0 bridgehead atoms. The molecule has 7 nitrogen and oxygen atoms in total. The number of nitrogens with zero attached hydrogens (tertiary/aromatic N) is 2. The fourth-order valence-electron chi connectivity index (χ4n) is 4.73.